The van der Waals surface area contributed by atoms with E-state index in [1.807, 2.05) is 32.0 Å². The van der Waals surface area contributed by atoms with Crippen molar-refractivity contribution in [1.82, 2.24) is 4.98 Å². The average Bonchev–Trinajstić information content (AvgIpc) is 3.16. The third kappa shape index (κ3) is 5.39. The van der Waals surface area contributed by atoms with E-state index in [2.05, 4.69) is 10.3 Å². The highest BCUT2D eigenvalue weighted by molar-refractivity contribution is 7.14. The van der Waals surface area contributed by atoms with Gasteiger partial charge >= 0.3 is 0 Å². The Bertz CT molecular complexity index is 1020. The summed E-state index contributed by atoms with van der Waals surface area (Å²) in [5.74, 6) is 0.720. The molecule has 7 nitrogen and oxygen atoms in total. The van der Waals surface area contributed by atoms with Gasteiger partial charge in [-0.25, -0.2) is 4.98 Å². The van der Waals surface area contributed by atoms with Gasteiger partial charge in [-0.3, -0.25) is 14.9 Å². The molecule has 0 atom stereocenters. The summed E-state index contributed by atoms with van der Waals surface area (Å²) in [6, 6.07) is 12.1. The van der Waals surface area contributed by atoms with Crippen molar-refractivity contribution >= 4 is 28.1 Å². The van der Waals surface area contributed by atoms with Crippen LogP contribution in [0.1, 0.15) is 24.0 Å². The molecule has 1 amide bonds. The van der Waals surface area contributed by atoms with E-state index < -0.39 is 4.92 Å². The van der Waals surface area contributed by atoms with Crippen molar-refractivity contribution in [3.05, 3.63) is 69.1 Å². The molecule has 0 aliphatic rings. The van der Waals surface area contributed by atoms with Gasteiger partial charge in [0.2, 0.25) is 5.91 Å². The zero-order chi connectivity index (χ0) is 20.8. The molecule has 0 bridgehead atoms. The van der Waals surface area contributed by atoms with Crippen molar-refractivity contribution in [2.24, 2.45) is 0 Å². The van der Waals surface area contributed by atoms with Crippen LogP contribution in [0, 0.1) is 24.0 Å². The van der Waals surface area contributed by atoms with Gasteiger partial charge in [0.15, 0.2) is 5.13 Å². The number of amides is 1. The summed E-state index contributed by atoms with van der Waals surface area (Å²) in [5, 5.41) is 15.8. The Labute approximate surface area is 172 Å². The van der Waals surface area contributed by atoms with Crippen LogP contribution in [-0.2, 0) is 4.79 Å². The van der Waals surface area contributed by atoms with Gasteiger partial charge in [0.05, 0.1) is 17.2 Å². The molecule has 1 heterocycles. The van der Waals surface area contributed by atoms with Crippen LogP contribution in [0.15, 0.2) is 47.8 Å². The number of nitro groups is 1. The summed E-state index contributed by atoms with van der Waals surface area (Å²) in [7, 11) is 0. The maximum atomic E-state index is 12.1. The van der Waals surface area contributed by atoms with Crippen LogP contribution in [0.5, 0.6) is 5.75 Å². The van der Waals surface area contributed by atoms with Crippen molar-refractivity contribution in [2.45, 2.75) is 26.7 Å². The molecule has 0 fully saturated rings. The number of carbonyl (C=O) groups is 1. The van der Waals surface area contributed by atoms with E-state index in [1.54, 1.807) is 17.5 Å². The molecule has 0 spiro atoms. The van der Waals surface area contributed by atoms with Crippen molar-refractivity contribution in [2.75, 3.05) is 11.9 Å². The maximum absolute atomic E-state index is 12.1. The van der Waals surface area contributed by atoms with Gasteiger partial charge in [0.1, 0.15) is 5.75 Å². The Morgan fingerprint density at radius 1 is 1.21 bits per heavy atom. The van der Waals surface area contributed by atoms with Crippen molar-refractivity contribution in [3.63, 3.8) is 0 Å². The Morgan fingerprint density at radius 2 is 1.97 bits per heavy atom. The number of nitro benzene ring substituents is 1. The second-order valence-corrected chi connectivity index (χ2v) is 7.40. The number of thiazole rings is 1. The first-order chi connectivity index (χ1) is 13.9. The molecule has 3 rings (SSSR count). The highest BCUT2D eigenvalue weighted by Crippen LogP contribution is 2.26. The predicted molar refractivity (Wildman–Crippen MR) is 113 cm³/mol. The minimum absolute atomic E-state index is 0.0283. The molecule has 150 valence electrons. The van der Waals surface area contributed by atoms with E-state index in [4.69, 9.17) is 4.74 Å². The molecule has 1 aromatic heterocycles. The van der Waals surface area contributed by atoms with Crippen molar-refractivity contribution in [1.29, 1.82) is 0 Å². The first-order valence-electron chi connectivity index (χ1n) is 9.13. The molecule has 0 aliphatic carbocycles. The molecule has 29 heavy (non-hydrogen) atoms. The van der Waals surface area contributed by atoms with E-state index in [9.17, 15) is 14.9 Å². The fraction of sp³-hybridized carbons (Fsp3) is 0.238. The first kappa shape index (κ1) is 20.5. The first-order valence-corrected chi connectivity index (χ1v) is 10.0. The van der Waals surface area contributed by atoms with Crippen molar-refractivity contribution in [3.8, 4) is 17.0 Å². The Hall–Kier alpha value is -3.26. The van der Waals surface area contributed by atoms with Crippen LogP contribution in [0.25, 0.3) is 11.3 Å². The minimum atomic E-state index is -0.444. The summed E-state index contributed by atoms with van der Waals surface area (Å²) in [6.07, 6.45) is 0.928. The molecule has 3 aromatic rings. The lowest BCUT2D eigenvalue weighted by molar-refractivity contribution is -0.384. The van der Waals surface area contributed by atoms with Gasteiger partial charge < -0.3 is 10.1 Å². The number of aromatic nitrogens is 1. The molecule has 1 N–H and O–H groups in total. The molecule has 0 radical (unpaired) electrons. The largest absolute Gasteiger partial charge is 0.493 e. The minimum Gasteiger partial charge on any atom is -0.493 e. The number of nitrogens with zero attached hydrogens (tertiary/aromatic N) is 2. The molecule has 0 saturated carbocycles. The van der Waals surface area contributed by atoms with E-state index in [1.165, 1.54) is 29.0 Å². The monoisotopic (exact) mass is 411 g/mol. The van der Waals surface area contributed by atoms with Crippen molar-refractivity contribution < 1.29 is 14.5 Å². The van der Waals surface area contributed by atoms with Gasteiger partial charge in [-0.1, -0.05) is 12.1 Å². The van der Waals surface area contributed by atoms with Crippen LogP contribution in [0.4, 0.5) is 10.8 Å². The number of carbonyl (C=O) groups excluding carboxylic acids is 1. The number of aryl methyl sites for hydroxylation is 1. The van der Waals surface area contributed by atoms with Gasteiger partial charge in [0.25, 0.3) is 5.69 Å². The topological polar surface area (TPSA) is 94.4 Å². The van der Waals surface area contributed by atoms with Gasteiger partial charge in [-0.15, -0.1) is 11.3 Å². The summed E-state index contributed by atoms with van der Waals surface area (Å²) >= 11 is 1.31. The van der Waals surface area contributed by atoms with Crippen LogP contribution in [0.2, 0.25) is 0 Å². The second-order valence-electron chi connectivity index (χ2n) is 6.54. The second kappa shape index (κ2) is 9.29. The lowest BCUT2D eigenvalue weighted by Crippen LogP contribution is -2.12. The molecular weight excluding hydrogens is 390 g/mol. The molecular formula is C21H21N3O4S. The predicted octanol–water partition coefficient (Wildman–Crippen LogP) is 5.13. The molecule has 0 aliphatic heterocycles. The number of benzene rings is 2. The third-order valence-electron chi connectivity index (χ3n) is 4.49. The maximum Gasteiger partial charge on any atom is 0.269 e. The van der Waals surface area contributed by atoms with E-state index in [0.717, 1.165) is 16.9 Å². The normalized spacial score (nSPS) is 10.6. The summed E-state index contributed by atoms with van der Waals surface area (Å²) in [5.41, 5.74) is 3.74. The lowest BCUT2D eigenvalue weighted by atomic mass is 10.1. The third-order valence-corrected chi connectivity index (χ3v) is 5.24. The quantitative estimate of drug-likeness (QED) is 0.315. The highest BCUT2D eigenvalue weighted by atomic mass is 32.1. The fourth-order valence-electron chi connectivity index (χ4n) is 2.69. The number of nitrogens with one attached hydrogen (secondary N) is 1. The fourth-order valence-corrected chi connectivity index (χ4v) is 3.43. The summed E-state index contributed by atoms with van der Waals surface area (Å²) in [4.78, 5) is 26.8. The van der Waals surface area contributed by atoms with Crippen LogP contribution in [-0.4, -0.2) is 22.4 Å². The van der Waals surface area contributed by atoms with Crippen LogP contribution < -0.4 is 10.1 Å². The van der Waals surface area contributed by atoms with E-state index in [0.29, 0.717) is 30.3 Å². The average molecular weight is 411 g/mol. The van der Waals surface area contributed by atoms with Gasteiger partial charge in [-0.05, 0) is 49.6 Å². The molecule has 0 saturated heterocycles. The number of non-ortho nitro benzene ring substituents is 1. The smallest absolute Gasteiger partial charge is 0.269 e. The lowest BCUT2D eigenvalue weighted by Gasteiger charge is -2.10. The number of ether oxygens (including phenoxy) is 1. The standard InChI is InChI=1S/C21H21N3O4S/c1-14-5-3-6-19(15(14)2)28-12-4-7-20(25)23-21-22-18(13-29-21)16-8-10-17(11-9-16)24(26)27/h3,5-6,8-11,13H,4,7,12H2,1-2H3,(H,22,23,25). The summed E-state index contributed by atoms with van der Waals surface area (Å²) in [6.45, 7) is 4.51. The van der Waals surface area contributed by atoms with E-state index >= 15 is 0 Å². The number of rotatable bonds is 8. The number of hydrogen-bond acceptors (Lipinski definition) is 6. The molecule has 2 aromatic carbocycles. The molecule has 0 unspecified atom stereocenters. The van der Waals surface area contributed by atoms with E-state index in [-0.39, 0.29) is 11.6 Å². The number of hydrogen-bond donors (Lipinski definition) is 1. The Morgan fingerprint density at radius 3 is 2.69 bits per heavy atom. The zero-order valence-electron chi connectivity index (χ0n) is 16.2. The van der Waals surface area contributed by atoms with Crippen LogP contribution in [0.3, 0.4) is 0 Å². The highest BCUT2D eigenvalue weighted by Gasteiger charge is 2.10. The van der Waals surface area contributed by atoms with Gasteiger partial charge in [0, 0.05) is 29.5 Å². The summed E-state index contributed by atoms with van der Waals surface area (Å²) < 4.78 is 5.77. The van der Waals surface area contributed by atoms with Gasteiger partial charge in [-0.2, -0.15) is 0 Å². The molecule has 8 heteroatoms. The Kier molecular flexibility index (Phi) is 6.56. The zero-order valence-corrected chi connectivity index (χ0v) is 17.0. The van der Waals surface area contributed by atoms with Crippen LogP contribution >= 0.6 is 11.3 Å². The SMILES string of the molecule is Cc1cccc(OCCCC(=O)Nc2nc(-c3ccc([N+](=O)[O-])cc3)cs2)c1C. The Balaban J connectivity index is 1.47. The number of anilines is 1.